The molecule has 164 valence electrons. The van der Waals surface area contributed by atoms with E-state index < -0.39 is 7.60 Å². The van der Waals surface area contributed by atoms with E-state index in [-0.39, 0.29) is 24.6 Å². The summed E-state index contributed by atoms with van der Waals surface area (Å²) in [5.74, 6) is 0.706. The number of ether oxygens (including phenoxy) is 1. The van der Waals surface area contributed by atoms with Crippen LogP contribution in [0, 0.1) is 0 Å². The van der Waals surface area contributed by atoms with Gasteiger partial charge < -0.3 is 23.7 Å². The van der Waals surface area contributed by atoms with Crippen molar-refractivity contribution in [3.8, 4) is 0 Å². The summed E-state index contributed by atoms with van der Waals surface area (Å²) in [6.07, 6.45) is 5.59. The molecule has 1 atom stereocenters. The van der Waals surface area contributed by atoms with Gasteiger partial charge in [0.05, 0.1) is 18.5 Å². The topological polar surface area (TPSA) is 100 Å². The first-order valence-electron chi connectivity index (χ1n) is 10.2. The number of anilines is 1. The molecular weight excluding hydrogens is 393 g/mol. The van der Waals surface area contributed by atoms with Crippen molar-refractivity contribution < 1.29 is 18.3 Å². The zero-order valence-electron chi connectivity index (χ0n) is 18.3. The second-order valence-corrected chi connectivity index (χ2v) is 9.39. The highest BCUT2D eigenvalue weighted by Gasteiger charge is 2.28. The van der Waals surface area contributed by atoms with E-state index in [1.165, 1.54) is 6.33 Å². The van der Waals surface area contributed by atoms with Gasteiger partial charge in [-0.3, -0.25) is 4.57 Å². The van der Waals surface area contributed by atoms with Crippen LogP contribution in [0.15, 0.2) is 12.7 Å². The minimum atomic E-state index is -3.29. The van der Waals surface area contributed by atoms with E-state index in [4.69, 9.17) is 13.8 Å². The highest BCUT2D eigenvalue weighted by molar-refractivity contribution is 7.53. The van der Waals surface area contributed by atoms with Gasteiger partial charge in [-0.05, 0) is 40.5 Å². The zero-order valence-corrected chi connectivity index (χ0v) is 19.2. The van der Waals surface area contributed by atoms with Gasteiger partial charge in [-0.15, -0.1) is 0 Å². The molecule has 1 N–H and O–H groups in total. The summed E-state index contributed by atoms with van der Waals surface area (Å²) in [7, 11) is -1.47. The average Bonchev–Trinajstić information content (AvgIpc) is 3.07. The highest BCUT2D eigenvalue weighted by Crippen LogP contribution is 2.50. The summed E-state index contributed by atoms with van der Waals surface area (Å²) in [5, 5.41) is 3.04. The summed E-state index contributed by atoms with van der Waals surface area (Å²) in [6.45, 7) is 9.90. The van der Waals surface area contributed by atoms with Gasteiger partial charge in [0, 0.05) is 19.7 Å². The summed E-state index contributed by atoms with van der Waals surface area (Å²) < 4.78 is 31.7. The monoisotopic (exact) mass is 427 g/mol. The Morgan fingerprint density at radius 1 is 1.10 bits per heavy atom. The second kappa shape index (κ2) is 11.0. The van der Waals surface area contributed by atoms with E-state index in [0.717, 1.165) is 30.4 Å². The first-order chi connectivity index (χ1) is 13.8. The maximum atomic E-state index is 12.9. The van der Waals surface area contributed by atoms with Crippen molar-refractivity contribution in [2.45, 2.75) is 72.1 Å². The van der Waals surface area contributed by atoms with Crippen molar-refractivity contribution in [2.24, 2.45) is 0 Å². The molecule has 0 bridgehead atoms. The highest BCUT2D eigenvalue weighted by atomic mass is 31.2. The Hall–Kier alpha value is -1.54. The van der Waals surface area contributed by atoms with Gasteiger partial charge in [-0.25, -0.2) is 15.0 Å². The Kier molecular flexibility index (Phi) is 9.02. The Bertz CT molecular complexity index is 797. The standard InChI is InChI=1S/C19H34N5O4P/c1-7-8-16(24-12-23-17-18(20-6)21-11-22-19(17)24)9-10-26-13-29(25,27-14(2)3)28-15(4)5/h11-12,14-16H,7-10,13H2,1-6H3,(H,20,21,22). The molecule has 0 radical (unpaired) electrons. The molecule has 0 aromatic carbocycles. The van der Waals surface area contributed by atoms with E-state index >= 15 is 0 Å². The number of nitrogens with one attached hydrogen (secondary N) is 1. The van der Waals surface area contributed by atoms with E-state index in [0.29, 0.717) is 12.4 Å². The molecule has 0 amide bonds. The molecule has 0 spiro atoms. The lowest BCUT2D eigenvalue weighted by molar-refractivity contribution is 0.0936. The summed E-state index contributed by atoms with van der Waals surface area (Å²) in [6, 6.07) is 0.168. The molecule has 0 fully saturated rings. The van der Waals surface area contributed by atoms with Crippen LogP contribution >= 0.6 is 7.60 Å². The normalized spacial score (nSPS) is 13.5. The van der Waals surface area contributed by atoms with Gasteiger partial charge in [-0.1, -0.05) is 13.3 Å². The average molecular weight is 427 g/mol. The minimum Gasteiger partial charge on any atom is -0.371 e. The van der Waals surface area contributed by atoms with Gasteiger partial charge in [0.25, 0.3) is 0 Å². The Morgan fingerprint density at radius 2 is 1.79 bits per heavy atom. The van der Waals surface area contributed by atoms with Crippen LogP contribution in [0.4, 0.5) is 5.82 Å². The molecule has 9 nitrogen and oxygen atoms in total. The quantitative estimate of drug-likeness (QED) is 0.365. The summed E-state index contributed by atoms with van der Waals surface area (Å²) in [4.78, 5) is 13.1. The number of nitrogens with zero attached hydrogens (tertiary/aromatic N) is 4. The van der Waals surface area contributed by atoms with Crippen molar-refractivity contribution in [1.82, 2.24) is 19.5 Å². The lowest BCUT2D eigenvalue weighted by atomic mass is 10.1. The fourth-order valence-electron chi connectivity index (χ4n) is 3.18. The number of imidazole rings is 1. The lowest BCUT2D eigenvalue weighted by Crippen LogP contribution is -2.15. The van der Waals surface area contributed by atoms with Crippen LogP contribution in [0.3, 0.4) is 0 Å². The van der Waals surface area contributed by atoms with Crippen molar-refractivity contribution in [1.29, 1.82) is 0 Å². The maximum absolute atomic E-state index is 12.9. The first kappa shape index (κ1) is 23.7. The summed E-state index contributed by atoms with van der Waals surface area (Å²) in [5.41, 5.74) is 1.54. The van der Waals surface area contributed by atoms with E-state index in [1.54, 1.807) is 6.33 Å². The molecule has 1 unspecified atom stereocenters. The number of rotatable bonds is 13. The molecule has 2 aromatic heterocycles. The van der Waals surface area contributed by atoms with Crippen molar-refractivity contribution >= 4 is 24.6 Å². The van der Waals surface area contributed by atoms with Gasteiger partial charge in [0.1, 0.15) is 18.2 Å². The molecule has 2 heterocycles. The largest absolute Gasteiger partial charge is 0.371 e. The van der Waals surface area contributed by atoms with E-state index in [1.807, 2.05) is 34.7 Å². The van der Waals surface area contributed by atoms with Crippen LogP contribution in [0.25, 0.3) is 11.2 Å². The predicted octanol–water partition coefficient (Wildman–Crippen LogP) is 4.62. The van der Waals surface area contributed by atoms with Gasteiger partial charge in [0.2, 0.25) is 0 Å². The molecule has 0 aliphatic carbocycles. The molecule has 0 saturated carbocycles. The fraction of sp³-hybridized carbons (Fsp3) is 0.737. The Balaban J connectivity index is 2.04. The van der Waals surface area contributed by atoms with E-state index in [9.17, 15) is 4.57 Å². The molecule has 2 aromatic rings. The molecule has 29 heavy (non-hydrogen) atoms. The van der Waals surface area contributed by atoms with Crippen molar-refractivity contribution in [3.63, 3.8) is 0 Å². The van der Waals surface area contributed by atoms with Crippen LogP contribution < -0.4 is 5.32 Å². The van der Waals surface area contributed by atoms with Gasteiger partial charge in [0.15, 0.2) is 11.5 Å². The van der Waals surface area contributed by atoms with Crippen LogP contribution in [0.1, 0.15) is 59.9 Å². The third kappa shape index (κ3) is 6.74. The number of hydrogen-bond donors (Lipinski definition) is 1. The molecular formula is C19H34N5O4P. The smallest absolute Gasteiger partial charge is 0.356 e. The summed E-state index contributed by atoms with van der Waals surface area (Å²) >= 11 is 0. The molecule has 2 rings (SSSR count). The molecule has 10 heteroatoms. The molecule has 0 saturated heterocycles. The first-order valence-corrected chi connectivity index (χ1v) is 11.9. The van der Waals surface area contributed by atoms with Gasteiger partial charge in [-0.2, -0.15) is 0 Å². The fourth-order valence-corrected chi connectivity index (χ4v) is 4.99. The second-order valence-electron chi connectivity index (χ2n) is 7.48. The van der Waals surface area contributed by atoms with Crippen LogP contribution in [-0.4, -0.2) is 51.7 Å². The number of fused-ring (bicyclic) bond motifs is 1. The van der Waals surface area contributed by atoms with Gasteiger partial charge >= 0.3 is 7.60 Å². The zero-order chi connectivity index (χ0) is 21.4. The van der Waals surface area contributed by atoms with Crippen LogP contribution in [-0.2, 0) is 18.3 Å². The SMILES string of the molecule is CCCC(CCOCP(=O)(OC(C)C)OC(C)C)n1cnc2c(NC)ncnc21. The Morgan fingerprint density at radius 3 is 2.38 bits per heavy atom. The van der Waals surface area contributed by atoms with Crippen molar-refractivity contribution in [3.05, 3.63) is 12.7 Å². The third-order valence-corrected chi connectivity index (χ3v) is 6.18. The molecule has 0 aliphatic heterocycles. The van der Waals surface area contributed by atoms with Crippen LogP contribution in [0.5, 0.6) is 0 Å². The predicted molar refractivity (Wildman–Crippen MR) is 114 cm³/mol. The number of aromatic nitrogens is 4. The maximum Gasteiger partial charge on any atom is 0.356 e. The van der Waals surface area contributed by atoms with E-state index in [2.05, 4.69) is 31.8 Å². The third-order valence-electron chi connectivity index (χ3n) is 4.20. The number of hydrogen-bond acceptors (Lipinski definition) is 8. The minimum absolute atomic E-state index is 0.0566. The Labute approximate surface area is 173 Å². The van der Waals surface area contributed by atoms with Crippen molar-refractivity contribution in [2.75, 3.05) is 25.3 Å². The van der Waals surface area contributed by atoms with Crippen LogP contribution in [0.2, 0.25) is 0 Å². The lowest BCUT2D eigenvalue weighted by Gasteiger charge is -2.23. The molecule has 0 aliphatic rings.